The molecule has 0 unspecified atom stereocenters. The van der Waals surface area contributed by atoms with Crippen molar-refractivity contribution in [2.45, 2.75) is 0 Å². The Hall–Kier alpha value is -2.43. The maximum Gasteiger partial charge on any atom is 0.411 e. The number of hydrogen-bond acceptors (Lipinski definition) is 4. The number of rotatable bonds is 0. The molecule has 5 nitrogen and oxygen atoms in total. The highest BCUT2D eigenvalue weighted by atomic mass is 16.6. The van der Waals surface area contributed by atoms with Crippen molar-refractivity contribution in [3.8, 4) is 0 Å². The molecule has 2 heterocycles. The van der Waals surface area contributed by atoms with Gasteiger partial charge in [0.15, 0.2) is 0 Å². The number of fused-ring (bicyclic) bond motifs is 3. The second-order valence-corrected chi connectivity index (χ2v) is 3.40. The Bertz CT molecular complexity index is 671. The standard InChI is InChI=1S/C11H7N3O2/c12-11(15)16-9-5-6-1-2-8-7(3-4-13-8)10(6)14-9/h1-5H,(H2,12,15). The molecule has 0 atom stereocenters. The highest BCUT2D eigenvalue weighted by Gasteiger charge is 2.14. The third-order valence-corrected chi connectivity index (χ3v) is 2.39. The maximum atomic E-state index is 10.6. The van der Waals surface area contributed by atoms with Gasteiger partial charge in [0, 0.05) is 23.1 Å². The Morgan fingerprint density at radius 2 is 2.25 bits per heavy atom. The van der Waals surface area contributed by atoms with E-state index in [1.165, 1.54) is 0 Å². The molecule has 1 aromatic rings. The lowest BCUT2D eigenvalue weighted by Gasteiger charge is -1.96. The molecule has 0 fully saturated rings. The predicted octanol–water partition coefficient (Wildman–Crippen LogP) is 0.210. The van der Waals surface area contributed by atoms with Gasteiger partial charge in [-0.25, -0.2) is 9.79 Å². The number of hydrogen-bond donors (Lipinski definition) is 1. The molecule has 5 heteroatoms. The molecule has 0 saturated carbocycles. The topological polar surface area (TPSA) is 77.0 Å². The van der Waals surface area contributed by atoms with Crippen LogP contribution in [-0.2, 0) is 4.74 Å². The van der Waals surface area contributed by atoms with Gasteiger partial charge in [0.25, 0.3) is 0 Å². The lowest BCUT2D eigenvalue weighted by atomic mass is 10.1. The minimum absolute atomic E-state index is 0.219. The molecule has 0 radical (unpaired) electrons. The largest absolute Gasteiger partial charge is 0.411 e. The van der Waals surface area contributed by atoms with Gasteiger partial charge in [0.2, 0.25) is 5.90 Å². The zero-order valence-corrected chi connectivity index (χ0v) is 8.18. The molecule has 1 aromatic carbocycles. The molecule has 16 heavy (non-hydrogen) atoms. The predicted molar refractivity (Wildman–Crippen MR) is 58.5 cm³/mol. The number of benzene rings is 1. The summed E-state index contributed by atoms with van der Waals surface area (Å²) in [5.41, 5.74) is 6.64. The van der Waals surface area contributed by atoms with E-state index in [0.717, 1.165) is 21.8 Å². The fraction of sp³-hybridized carbons (Fsp3) is 0. The van der Waals surface area contributed by atoms with Crippen LogP contribution >= 0.6 is 0 Å². The molecule has 2 N–H and O–H groups in total. The van der Waals surface area contributed by atoms with Crippen molar-refractivity contribution in [1.29, 1.82) is 0 Å². The zero-order valence-electron chi connectivity index (χ0n) is 8.18. The van der Waals surface area contributed by atoms with Crippen LogP contribution in [0.15, 0.2) is 28.3 Å². The fourth-order valence-electron chi connectivity index (χ4n) is 1.76. The molecular weight excluding hydrogens is 206 g/mol. The van der Waals surface area contributed by atoms with Crippen LogP contribution in [-0.4, -0.2) is 12.0 Å². The molecule has 0 bridgehead atoms. The van der Waals surface area contributed by atoms with Gasteiger partial charge in [-0.05, 0) is 12.1 Å². The summed E-state index contributed by atoms with van der Waals surface area (Å²) in [7, 11) is 0. The number of carbonyl (C=O) groups excluding carboxylic acids is 1. The van der Waals surface area contributed by atoms with Crippen molar-refractivity contribution >= 4 is 29.8 Å². The summed E-state index contributed by atoms with van der Waals surface area (Å²) in [6.45, 7) is 0. The molecule has 0 saturated heterocycles. The minimum Gasteiger partial charge on any atom is -0.391 e. The van der Waals surface area contributed by atoms with E-state index in [1.807, 2.05) is 18.2 Å². The minimum atomic E-state index is -0.861. The molecule has 0 aliphatic carbocycles. The van der Waals surface area contributed by atoms with Gasteiger partial charge in [0.1, 0.15) is 0 Å². The van der Waals surface area contributed by atoms with Crippen molar-refractivity contribution in [2.75, 3.05) is 0 Å². The lowest BCUT2D eigenvalue weighted by molar-refractivity contribution is 0.209. The van der Waals surface area contributed by atoms with Crippen molar-refractivity contribution in [1.82, 2.24) is 0 Å². The van der Waals surface area contributed by atoms with Gasteiger partial charge in [-0.2, -0.15) is 0 Å². The summed E-state index contributed by atoms with van der Waals surface area (Å²) in [4.78, 5) is 19.0. The average Bonchev–Trinajstić information content (AvgIpc) is 2.78. The van der Waals surface area contributed by atoms with Gasteiger partial charge in [-0.3, -0.25) is 4.99 Å². The molecule has 78 valence electrons. The lowest BCUT2D eigenvalue weighted by Crippen LogP contribution is -2.16. The second kappa shape index (κ2) is 3.03. The van der Waals surface area contributed by atoms with Crippen molar-refractivity contribution in [2.24, 2.45) is 15.7 Å². The van der Waals surface area contributed by atoms with Crippen LogP contribution in [0.5, 0.6) is 0 Å². The first kappa shape index (κ1) is 8.84. The average molecular weight is 213 g/mol. The van der Waals surface area contributed by atoms with Crippen molar-refractivity contribution in [3.63, 3.8) is 0 Å². The van der Waals surface area contributed by atoms with E-state index in [4.69, 9.17) is 10.5 Å². The SMILES string of the molecule is NC(=O)OC1=Nc2c3c(ccc2=C1)=NC=C3. The summed E-state index contributed by atoms with van der Waals surface area (Å²) in [5.74, 6) is 0.219. The fourth-order valence-corrected chi connectivity index (χ4v) is 1.76. The summed E-state index contributed by atoms with van der Waals surface area (Å²) >= 11 is 0. The number of amides is 1. The van der Waals surface area contributed by atoms with Gasteiger partial charge in [-0.15, -0.1) is 0 Å². The van der Waals surface area contributed by atoms with Crippen LogP contribution < -0.4 is 16.3 Å². The highest BCUT2D eigenvalue weighted by molar-refractivity contribution is 6.12. The first-order valence-corrected chi connectivity index (χ1v) is 4.69. The van der Waals surface area contributed by atoms with E-state index >= 15 is 0 Å². The Kier molecular flexibility index (Phi) is 1.67. The Morgan fingerprint density at radius 3 is 3.06 bits per heavy atom. The molecule has 2 aliphatic heterocycles. The number of carbonyl (C=O) groups is 1. The van der Waals surface area contributed by atoms with Crippen LogP contribution in [0.2, 0.25) is 0 Å². The van der Waals surface area contributed by atoms with E-state index < -0.39 is 6.09 Å². The summed E-state index contributed by atoms with van der Waals surface area (Å²) in [6, 6.07) is 3.78. The quantitative estimate of drug-likeness (QED) is 0.668. The normalized spacial score (nSPS) is 14.6. The molecule has 0 spiro atoms. The van der Waals surface area contributed by atoms with E-state index in [0.29, 0.717) is 0 Å². The summed E-state index contributed by atoms with van der Waals surface area (Å²) in [5, 5.41) is 1.77. The summed E-state index contributed by atoms with van der Waals surface area (Å²) < 4.78 is 4.73. The molecule has 3 rings (SSSR count). The third kappa shape index (κ3) is 1.22. The Morgan fingerprint density at radius 1 is 1.38 bits per heavy atom. The number of primary amides is 1. The van der Waals surface area contributed by atoms with Gasteiger partial charge >= 0.3 is 6.09 Å². The maximum absolute atomic E-state index is 10.6. The zero-order chi connectivity index (χ0) is 11.1. The van der Waals surface area contributed by atoms with Gasteiger partial charge in [-0.1, -0.05) is 6.07 Å². The number of nitrogens with two attached hydrogens (primary N) is 1. The first-order valence-electron chi connectivity index (χ1n) is 4.69. The number of aliphatic imine (C=N–C) groups is 1. The third-order valence-electron chi connectivity index (χ3n) is 2.39. The van der Waals surface area contributed by atoms with Crippen molar-refractivity contribution < 1.29 is 9.53 Å². The molecular formula is C11H7N3O2. The van der Waals surface area contributed by atoms with Crippen LogP contribution in [0.25, 0.3) is 12.2 Å². The van der Waals surface area contributed by atoms with E-state index in [2.05, 4.69) is 9.98 Å². The highest BCUT2D eigenvalue weighted by Crippen LogP contribution is 2.18. The van der Waals surface area contributed by atoms with Crippen LogP contribution in [0.4, 0.5) is 10.5 Å². The van der Waals surface area contributed by atoms with Crippen LogP contribution in [0, 0.1) is 0 Å². The molecule has 1 amide bonds. The Balaban J connectivity index is 2.15. The monoisotopic (exact) mass is 213 g/mol. The van der Waals surface area contributed by atoms with Crippen LogP contribution in [0.1, 0.15) is 5.56 Å². The number of ether oxygens (including phenoxy) is 1. The van der Waals surface area contributed by atoms with E-state index in [1.54, 1.807) is 12.3 Å². The number of nitrogens with zero attached hydrogens (tertiary/aromatic N) is 2. The van der Waals surface area contributed by atoms with Crippen LogP contribution in [0.3, 0.4) is 0 Å². The van der Waals surface area contributed by atoms with Gasteiger partial charge in [0.05, 0.1) is 11.0 Å². The summed E-state index contributed by atoms with van der Waals surface area (Å²) in [6.07, 6.45) is 4.40. The second-order valence-electron chi connectivity index (χ2n) is 3.40. The smallest absolute Gasteiger partial charge is 0.391 e. The molecule has 0 aromatic heterocycles. The molecule has 2 aliphatic rings. The van der Waals surface area contributed by atoms with Crippen molar-refractivity contribution in [3.05, 3.63) is 34.5 Å². The van der Waals surface area contributed by atoms with E-state index in [9.17, 15) is 4.79 Å². The first-order chi connectivity index (χ1) is 7.74. The van der Waals surface area contributed by atoms with E-state index in [-0.39, 0.29) is 5.90 Å². The van der Waals surface area contributed by atoms with Gasteiger partial charge < -0.3 is 10.5 Å². The Labute approximate surface area is 90.3 Å².